The second kappa shape index (κ2) is 6.68. The van der Waals surface area contributed by atoms with Crippen LogP contribution in [0.4, 0.5) is 0 Å². The van der Waals surface area contributed by atoms with Crippen molar-refractivity contribution in [1.29, 1.82) is 0 Å². The SMILES string of the molecule is CCCOc1ccc(S(=O)(=O)NC(C)c2ncn[nH]2)cc1. The van der Waals surface area contributed by atoms with E-state index in [0.717, 1.165) is 6.42 Å². The molecule has 8 heteroatoms. The minimum atomic E-state index is -3.62. The number of sulfonamides is 1. The zero-order valence-electron chi connectivity index (χ0n) is 11.9. The first-order chi connectivity index (χ1) is 10.0. The summed E-state index contributed by atoms with van der Waals surface area (Å²) >= 11 is 0. The molecule has 1 heterocycles. The summed E-state index contributed by atoms with van der Waals surface area (Å²) < 4.78 is 32.5. The van der Waals surface area contributed by atoms with E-state index in [0.29, 0.717) is 18.2 Å². The molecule has 2 aromatic rings. The van der Waals surface area contributed by atoms with Crippen LogP contribution in [0.25, 0.3) is 0 Å². The molecule has 2 N–H and O–H groups in total. The van der Waals surface area contributed by atoms with E-state index in [9.17, 15) is 8.42 Å². The quantitative estimate of drug-likeness (QED) is 0.810. The fourth-order valence-electron chi connectivity index (χ4n) is 1.72. The monoisotopic (exact) mass is 310 g/mol. The van der Waals surface area contributed by atoms with Gasteiger partial charge in [-0.1, -0.05) is 6.92 Å². The summed E-state index contributed by atoms with van der Waals surface area (Å²) in [4.78, 5) is 4.11. The van der Waals surface area contributed by atoms with E-state index in [1.807, 2.05) is 6.92 Å². The Kier molecular flexibility index (Phi) is 4.92. The lowest BCUT2D eigenvalue weighted by atomic mass is 10.3. The summed E-state index contributed by atoms with van der Waals surface area (Å²) in [5.41, 5.74) is 0. The Hall–Kier alpha value is -1.93. The summed E-state index contributed by atoms with van der Waals surface area (Å²) in [5, 5.41) is 6.33. The maximum Gasteiger partial charge on any atom is 0.241 e. The molecule has 114 valence electrons. The number of benzene rings is 1. The highest BCUT2D eigenvalue weighted by Gasteiger charge is 2.19. The predicted molar refractivity (Wildman–Crippen MR) is 77.3 cm³/mol. The molecule has 0 radical (unpaired) electrons. The van der Waals surface area contributed by atoms with Crippen LogP contribution in [-0.4, -0.2) is 30.2 Å². The van der Waals surface area contributed by atoms with E-state index in [2.05, 4.69) is 19.9 Å². The molecule has 1 atom stereocenters. The van der Waals surface area contributed by atoms with Crippen LogP contribution >= 0.6 is 0 Å². The van der Waals surface area contributed by atoms with E-state index < -0.39 is 16.1 Å². The average molecular weight is 310 g/mol. The van der Waals surface area contributed by atoms with Crippen molar-refractivity contribution in [3.8, 4) is 5.75 Å². The van der Waals surface area contributed by atoms with Gasteiger partial charge in [0.15, 0.2) is 0 Å². The highest BCUT2D eigenvalue weighted by molar-refractivity contribution is 7.89. The Balaban J connectivity index is 2.08. The Bertz CT molecular complexity index is 653. The lowest BCUT2D eigenvalue weighted by Gasteiger charge is -2.12. The van der Waals surface area contributed by atoms with Gasteiger partial charge in [-0.05, 0) is 37.6 Å². The van der Waals surface area contributed by atoms with Crippen LogP contribution < -0.4 is 9.46 Å². The molecule has 1 unspecified atom stereocenters. The van der Waals surface area contributed by atoms with Gasteiger partial charge < -0.3 is 4.74 Å². The second-order valence-corrected chi connectivity index (χ2v) is 6.25. The third-order valence-corrected chi connectivity index (χ3v) is 4.34. The third-order valence-electron chi connectivity index (χ3n) is 2.78. The van der Waals surface area contributed by atoms with Crippen LogP contribution in [0.2, 0.25) is 0 Å². The van der Waals surface area contributed by atoms with E-state index in [-0.39, 0.29) is 4.90 Å². The van der Waals surface area contributed by atoms with Gasteiger partial charge in [0.25, 0.3) is 0 Å². The first-order valence-electron chi connectivity index (χ1n) is 6.63. The second-order valence-electron chi connectivity index (χ2n) is 4.53. The van der Waals surface area contributed by atoms with Gasteiger partial charge in [-0.2, -0.15) is 5.10 Å². The molecule has 21 heavy (non-hydrogen) atoms. The zero-order chi connectivity index (χ0) is 15.3. The highest BCUT2D eigenvalue weighted by atomic mass is 32.2. The van der Waals surface area contributed by atoms with Gasteiger partial charge in [-0.25, -0.2) is 18.1 Å². The van der Waals surface area contributed by atoms with Gasteiger partial charge >= 0.3 is 0 Å². The van der Waals surface area contributed by atoms with E-state index in [1.54, 1.807) is 19.1 Å². The molecule has 0 aliphatic rings. The van der Waals surface area contributed by atoms with Crippen molar-refractivity contribution in [2.24, 2.45) is 0 Å². The highest BCUT2D eigenvalue weighted by Crippen LogP contribution is 2.18. The summed E-state index contributed by atoms with van der Waals surface area (Å²) in [7, 11) is -3.62. The molecule has 0 aliphatic heterocycles. The van der Waals surface area contributed by atoms with Gasteiger partial charge in [-0.15, -0.1) is 0 Å². The van der Waals surface area contributed by atoms with Crippen molar-refractivity contribution in [2.75, 3.05) is 6.61 Å². The van der Waals surface area contributed by atoms with Crippen LogP contribution in [-0.2, 0) is 10.0 Å². The molecule has 2 rings (SSSR count). The topological polar surface area (TPSA) is 97.0 Å². The number of ether oxygens (including phenoxy) is 1. The standard InChI is InChI=1S/C13H18N4O3S/c1-3-8-20-11-4-6-12(7-5-11)21(18,19)17-10(2)13-14-9-15-16-13/h4-7,9-10,17H,3,8H2,1-2H3,(H,14,15,16). The van der Waals surface area contributed by atoms with Gasteiger partial charge in [0, 0.05) is 0 Å². The molecule has 0 saturated heterocycles. The molecule has 7 nitrogen and oxygen atoms in total. The molecule has 0 bridgehead atoms. The number of hydrogen-bond donors (Lipinski definition) is 2. The molecular formula is C13H18N4O3S. The van der Waals surface area contributed by atoms with Crippen molar-refractivity contribution in [3.05, 3.63) is 36.4 Å². The number of rotatable bonds is 7. The van der Waals surface area contributed by atoms with Crippen molar-refractivity contribution >= 4 is 10.0 Å². The van der Waals surface area contributed by atoms with Gasteiger partial charge in [-0.3, -0.25) is 5.10 Å². The minimum Gasteiger partial charge on any atom is -0.494 e. The molecule has 1 aromatic carbocycles. The number of nitrogens with one attached hydrogen (secondary N) is 2. The maximum atomic E-state index is 12.2. The Morgan fingerprint density at radius 2 is 2.05 bits per heavy atom. The van der Waals surface area contributed by atoms with Crippen LogP contribution in [0.3, 0.4) is 0 Å². The van der Waals surface area contributed by atoms with Gasteiger partial charge in [0.05, 0.1) is 17.5 Å². The normalized spacial score (nSPS) is 13.0. The fourth-order valence-corrected chi connectivity index (χ4v) is 2.92. The van der Waals surface area contributed by atoms with Crippen molar-refractivity contribution in [2.45, 2.75) is 31.2 Å². The number of nitrogens with zero attached hydrogens (tertiary/aromatic N) is 2. The van der Waals surface area contributed by atoms with Gasteiger partial charge in [0.2, 0.25) is 10.0 Å². The third kappa shape index (κ3) is 4.02. The molecule has 0 spiro atoms. The van der Waals surface area contributed by atoms with Crippen molar-refractivity contribution < 1.29 is 13.2 Å². The Morgan fingerprint density at radius 3 is 2.62 bits per heavy atom. The molecule has 0 saturated carbocycles. The Labute approximate surface area is 123 Å². The molecule has 0 fully saturated rings. The largest absolute Gasteiger partial charge is 0.494 e. The van der Waals surface area contributed by atoms with Crippen molar-refractivity contribution in [1.82, 2.24) is 19.9 Å². The first kappa shape index (κ1) is 15.5. The first-order valence-corrected chi connectivity index (χ1v) is 8.11. The summed E-state index contributed by atoms with van der Waals surface area (Å²) in [6.07, 6.45) is 2.23. The molecular weight excluding hydrogens is 292 g/mol. The van der Waals surface area contributed by atoms with Crippen LogP contribution in [0.5, 0.6) is 5.75 Å². The number of aromatic nitrogens is 3. The fraction of sp³-hybridized carbons (Fsp3) is 0.385. The number of H-pyrrole nitrogens is 1. The number of hydrogen-bond acceptors (Lipinski definition) is 5. The molecule has 0 aliphatic carbocycles. The van der Waals surface area contributed by atoms with Crippen LogP contribution in [0.1, 0.15) is 32.1 Å². The molecule has 0 amide bonds. The smallest absolute Gasteiger partial charge is 0.241 e. The summed E-state index contributed by atoms with van der Waals surface area (Å²) in [6, 6.07) is 5.82. The number of aromatic amines is 1. The summed E-state index contributed by atoms with van der Waals surface area (Å²) in [5.74, 6) is 1.11. The van der Waals surface area contributed by atoms with Crippen LogP contribution in [0, 0.1) is 0 Å². The maximum absolute atomic E-state index is 12.2. The van der Waals surface area contributed by atoms with Crippen molar-refractivity contribution in [3.63, 3.8) is 0 Å². The predicted octanol–water partition coefficient (Wildman–Crippen LogP) is 1.63. The van der Waals surface area contributed by atoms with E-state index >= 15 is 0 Å². The lowest BCUT2D eigenvalue weighted by molar-refractivity contribution is 0.317. The van der Waals surface area contributed by atoms with Crippen LogP contribution in [0.15, 0.2) is 35.5 Å². The average Bonchev–Trinajstić information content (AvgIpc) is 2.99. The molecule has 1 aromatic heterocycles. The minimum absolute atomic E-state index is 0.178. The lowest BCUT2D eigenvalue weighted by Crippen LogP contribution is -2.27. The van der Waals surface area contributed by atoms with E-state index in [1.165, 1.54) is 18.5 Å². The summed E-state index contributed by atoms with van der Waals surface area (Å²) in [6.45, 7) is 4.30. The van der Waals surface area contributed by atoms with Gasteiger partial charge in [0.1, 0.15) is 17.9 Å². The van der Waals surface area contributed by atoms with E-state index in [4.69, 9.17) is 4.74 Å². The Morgan fingerprint density at radius 1 is 1.33 bits per heavy atom. The zero-order valence-corrected chi connectivity index (χ0v) is 12.7.